The highest BCUT2D eigenvalue weighted by atomic mass is 31.2. The van der Waals surface area contributed by atoms with Crippen molar-refractivity contribution in [1.29, 1.82) is 0 Å². The van der Waals surface area contributed by atoms with Crippen LogP contribution in [0.15, 0.2) is 0 Å². The van der Waals surface area contributed by atoms with Crippen LogP contribution in [-0.4, -0.2) is 23.9 Å². The summed E-state index contributed by atoms with van der Waals surface area (Å²) in [7, 11) is -3.35. The Morgan fingerprint density at radius 2 is 1.92 bits per heavy atom. The second-order valence-electron chi connectivity index (χ2n) is 3.58. The lowest BCUT2D eigenvalue weighted by molar-refractivity contribution is -0.112. The highest BCUT2D eigenvalue weighted by molar-refractivity contribution is 7.51. The highest BCUT2D eigenvalue weighted by Gasteiger charge is 2.25. The molecule has 1 saturated carbocycles. The molecule has 1 rings (SSSR count). The summed E-state index contributed by atoms with van der Waals surface area (Å²) in [5, 5.41) is 0. The van der Waals surface area contributed by atoms with E-state index in [-0.39, 0.29) is 12.0 Å². The summed E-state index contributed by atoms with van der Waals surface area (Å²) in [5.74, 6) is 0.120. The van der Waals surface area contributed by atoms with Crippen LogP contribution in [0.1, 0.15) is 25.7 Å². The molecule has 1 aliphatic carbocycles. The van der Waals surface area contributed by atoms with Crippen LogP contribution in [0.2, 0.25) is 0 Å². The molecule has 76 valence electrons. The van der Waals surface area contributed by atoms with Gasteiger partial charge >= 0.3 is 7.60 Å². The van der Waals surface area contributed by atoms with Crippen molar-refractivity contribution in [2.45, 2.75) is 31.8 Å². The Labute approximate surface area is 77.8 Å². The van der Waals surface area contributed by atoms with E-state index in [1.807, 2.05) is 0 Å². The van der Waals surface area contributed by atoms with Gasteiger partial charge in [-0.3, -0.25) is 4.57 Å². The first kappa shape index (κ1) is 10.9. The molecule has 0 aromatic heterocycles. The predicted molar refractivity (Wildman–Crippen MR) is 48.6 cm³/mol. The second kappa shape index (κ2) is 4.36. The maximum absolute atomic E-state index is 10.9. The molecular weight excluding hydrogens is 191 g/mol. The van der Waals surface area contributed by atoms with Gasteiger partial charge in [0, 0.05) is 12.6 Å². The van der Waals surface area contributed by atoms with Crippen molar-refractivity contribution in [2.75, 3.05) is 6.66 Å². The SMILES string of the molecule is CP(=O)(O)OC1CCC(C=O)CC1. The molecule has 0 aromatic carbocycles. The molecular formula is C8H15O4P. The van der Waals surface area contributed by atoms with Gasteiger partial charge in [0.25, 0.3) is 0 Å². The van der Waals surface area contributed by atoms with Crippen LogP contribution in [0.4, 0.5) is 0 Å². The van der Waals surface area contributed by atoms with Crippen molar-refractivity contribution in [1.82, 2.24) is 0 Å². The minimum absolute atomic E-state index is 0.120. The largest absolute Gasteiger partial charge is 0.325 e. The normalized spacial score (nSPS) is 33.7. The minimum Gasteiger partial charge on any atom is -0.324 e. The number of carbonyl (C=O) groups is 1. The van der Waals surface area contributed by atoms with Crippen molar-refractivity contribution < 1.29 is 18.8 Å². The summed E-state index contributed by atoms with van der Waals surface area (Å²) < 4.78 is 15.9. The zero-order chi connectivity index (χ0) is 9.90. The second-order valence-corrected chi connectivity index (χ2v) is 5.40. The lowest BCUT2D eigenvalue weighted by atomic mass is 9.89. The average Bonchev–Trinajstić information content (AvgIpc) is 2.03. The molecule has 0 amide bonds. The highest BCUT2D eigenvalue weighted by Crippen LogP contribution is 2.41. The quantitative estimate of drug-likeness (QED) is 0.562. The molecule has 0 radical (unpaired) electrons. The maximum atomic E-state index is 10.9. The van der Waals surface area contributed by atoms with E-state index in [2.05, 4.69) is 0 Å². The predicted octanol–water partition coefficient (Wildman–Crippen LogP) is 1.58. The molecule has 1 N–H and O–H groups in total. The van der Waals surface area contributed by atoms with Crippen molar-refractivity contribution in [3.05, 3.63) is 0 Å². The number of carbonyl (C=O) groups excluding carboxylic acids is 1. The lowest BCUT2D eigenvalue weighted by Crippen LogP contribution is -2.21. The first-order chi connectivity index (χ1) is 6.01. The van der Waals surface area contributed by atoms with Crippen LogP contribution in [0.3, 0.4) is 0 Å². The van der Waals surface area contributed by atoms with E-state index in [9.17, 15) is 9.36 Å². The van der Waals surface area contributed by atoms with Gasteiger partial charge in [0.2, 0.25) is 0 Å². The van der Waals surface area contributed by atoms with Gasteiger partial charge in [-0.15, -0.1) is 0 Å². The molecule has 1 unspecified atom stereocenters. The number of rotatable bonds is 3. The van der Waals surface area contributed by atoms with Gasteiger partial charge in [-0.2, -0.15) is 0 Å². The summed E-state index contributed by atoms with van der Waals surface area (Å²) >= 11 is 0. The van der Waals surface area contributed by atoms with Crippen molar-refractivity contribution >= 4 is 13.9 Å². The first-order valence-electron chi connectivity index (χ1n) is 4.45. The maximum Gasteiger partial charge on any atom is 0.325 e. The average molecular weight is 206 g/mol. The van der Waals surface area contributed by atoms with E-state index < -0.39 is 7.60 Å². The third kappa shape index (κ3) is 4.03. The van der Waals surface area contributed by atoms with E-state index in [1.165, 1.54) is 6.66 Å². The Morgan fingerprint density at radius 1 is 1.38 bits per heavy atom. The summed E-state index contributed by atoms with van der Waals surface area (Å²) in [5.41, 5.74) is 0. The van der Waals surface area contributed by atoms with Crippen LogP contribution >= 0.6 is 7.60 Å². The molecule has 0 saturated heterocycles. The molecule has 1 aliphatic rings. The van der Waals surface area contributed by atoms with Gasteiger partial charge in [0.15, 0.2) is 0 Å². The molecule has 0 spiro atoms. The topological polar surface area (TPSA) is 63.6 Å². The van der Waals surface area contributed by atoms with Crippen molar-refractivity contribution in [2.24, 2.45) is 5.92 Å². The number of aldehydes is 1. The van der Waals surface area contributed by atoms with Crippen LogP contribution in [0.5, 0.6) is 0 Å². The Bertz CT molecular complexity index is 214. The van der Waals surface area contributed by atoms with Gasteiger partial charge in [-0.25, -0.2) is 0 Å². The summed E-state index contributed by atoms with van der Waals surface area (Å²) in [6.07, 6.45) is 3.78. The first-order valence-corrected chi connectivity index (χ1v) is 6.47. The third-order valence-corrected chi connectivity index (χ3v) is 2.95. The fourth-order valence-corrected chi connectivity index (χ4v) is 2.37. The molecule has 4 nitrogen and oxygen atoms in total. The monoisotopic (exact) mass is 206 g/mol. The van der Waals surface area contributed by atoms with E-state index in [0.29, 0.717) is 12.8 Å². The zero-order valence-electron chi connectivity index (χ0n) is 7.68. The van der Waals surface area contributed by atoms with Crippen LogP contribution < -0.4 is 0 Å². The van der Waals surface area contributed by atoms with Crippen LogP contribution in [-0.2, 0) is 13.9 Å². The van der Waals surface area contributed by atoms with Gasteiger partial charge < -0.3 is 14.2 Å². The summed E-state index contributed by atoms with van der Waals surface area (Å²) in [4.78, 5) is 19.4. The van der Waals surface area contributed by atoms with E-state index in [4.69, 9.17) is 9.42 Å². The Balaban J connectivity index is 2.33. The standard InChI is InChI=1S/C8H15O4P/c1-13(10,11)12-8-4-2-7(6-9)3-5-8/h6-8H,2-5H2,1H3,(H,10,11). The fraction of sp³-hybridized carbons (Fsp3) is 0.875. The molecule has 5 heteroatoms. The molecule has 1 atom stereocenters. The molecule has 0 aromatic rings. The van der Waals surface area contributed by atoms with Crippen molar-refractivity contribution in [3.8, 4) is 0 Å². The van der Waals surface area contributed by atoms with Crippen LogP contribution in [0, 0.1) is 5.92 Å². The van der Waals surface area contributed by atoms with Gasteiger partial charge in [0.05, 0.1) is 6.10 Å². The summed E-state index contributed by atoms with van der Waals surface area (Å²) in [6, 6.07) is 0. The van der Waals surface area contributed by atoms with E-state index >= 15 is 0 Å². The molecule has 13 heavy (non-hydrogen) atoms. The fourth-order valence-electron chi connectivity index (χ4n) is 1.61. The Kier molecular flexibility index (Phi) is 3.65. The minimum atomic E-state index is -3.35. The summed E-state index contributed by atoms with van der Waals surface area (Å²) in [6.45, 7) is 1.19. The van der Waals surface area contributed by atoms with Crippen LogP contribution in [0.25, 0.3) is 0 Å². The Hall–Kier alpha value is -0.180. The van der Waals surface area contributed by atoms with Crippen molar-refractivity contribution in [3.63, 3.8) is 0 Å². The van der Waals surface area contributed by atoms with Gasteiger partial charge in [-0.05, 0) is 25.7 Å². The van der Waals surface area contributed by atoms with E-state index in [0.717, 1.165) is 19.1 Å². The number of hydrogen-bond donors (Lipinski definition) is 1. The van der Waals surface area contributed by atoms with Gasteiger partial charge in [-0.1, -0.05) is 0 Å². The zero-order valence-corrected chi connectivity index (χ0v) is 8.57. The third-order valence-electron chi connectivity index (χ3n) is 2.26. The van der Waals surface area contributed by atoms with Gasteiger partial charge in [0.1, 0.15) is 6.29 Å². The smallest absolute Gasteiger partial charge is 0.324 e. The lowest BCUT2D eigenvalue weighted by Gasteiger charge is -2.26. The van der Waals surface area contributed by atoms with E-state index in [1.54, 1.807) is 0 Å². The number of hydrogen-bond acceptors (Lipinski definition) is 3. The Morgan fingerprint density at radius 3 is 2.31 bits per heavy atom. The molecule has 0 heterocycles. The molecule has 0 bridgehead atoms. The molecule has 0 aliphatic heterocycles. The molecule has 1 fully saturated rings.